The van der Waals surface area contributed by atoms with Crippen molar-refractivity contribution in [3.8, 4) is 0 Å². The summed E-state index contributed by atoms with van der Waals surface area (Å²) in [5, 5.41) is 11.0. The van der Waals surface area contributed by atoms with Gasteiger partial charge < -0.3 is 21.3 Å². The number of amides is 2. The predicted molar refractivity (Wildman–Crippen MR) is 81.8 cm³/mol. The Kier molecular flexibility index (Phi) is 10.1. The lowest BCUT2D eigenvalue weighted by atomic mass is 9.96. The number of likely N-dealkylation sites (N-methyl/N-ethyl adjacent to an activating group) is 2. The minimum atomic E-state index is -0.227. The van der Waals surface area contributed by atoms with Crippen molar-refractivity contribution in [2.45, 2.75) is 13.3 Å². The van der Waals surface area contributed by atoms with Gasteiger partial charge in [0.05, 0.1) is 13.1 Å². The second kappa shape index (κ2) is 11.0. The molecule has 120 valence electrons. The molecule has 0 saturated carbocycles. The van der Waals surface area contributed by atoms with E-state index in [1.807, 2.05) is 0 Å². The number of Topliss-reactive ketones (excluding diaryl/α,β-unsaturated/α-hetero) is 1. The van der Waals surface area contributed by atoms with Gasteiger partial charge in [0.2, 0.25) is 11.8 Å². The quantitative estimate of drug-likeness (QED) is 0.360. The van der Waals surface area contributed by atoms with Crippen molar-refractivity contribution in [3.63, 3.8) is 0 Å². The number of nitrogens with one attached hydrogen (secondary N) is 4. The fourth-order valence-electron chi connectivity index (χ4n) is 1.71. The number of carbonyl (C=O) groups excluding carboxylic acids is 3. The third-order valence-corrected chi connectivity index (χ3v) is 2.83. The van der Waals surface area contributed by atoms with Crippen LogP contribution in [0.15, 0.2) is 12.2 Å². The highest BCUT2D eigenvalue weighted by Gasteiger charge is 2.17. The molecular weight excluding hydrogens is 272 g/mol. The average molecular weight is 298 g/mol. The van der Waals surface area contributed by atoms with Crippen LogP contribution >= 0.6 is 0 Å². The van der Waals surface area contributed by atoms with Crippen molar-refractivity contribution >= 4 is 17.6 Å². The Morgan fingerprint density at radius 1 is 0.952 bits per heavy atom. The number of hydrogen-bond acceptors (Lipinski definition) is 5. The van der Waals surface area contributed by atoms with Gasteiger partial charge in [-0.15, -0.1) is 0 Å². The zero-order chi connectivity index (χ0) is 16.3. The molecule has 0 rings (SSSR count). The molecule has 21 heavy (non-hydrogen) atoms. The van der Waals surface area contributed by atoms with Gasteiger partial charge in [-0.25, -0.2) is 0 Å². The molecule has 0 bridgehead atoms. The molecule has 0 radical (unpaired) electrons. The summed E-state index contributed by atoms with van der Waals surface area (Å²) < 4.78 is 0. The fraction of sp³-hybridized carbons (Fsp3) is 0.643. The van der Waals surface area contributed by atoms with E-state index in [2.05, 4.69) is 27.8 Å². The summed E-state index contributed by atoms with van der Waals surface area (Å²) in [6.07, 6.45) is 0.188. The van der Waals surface area contributed by atoms with Gasteiger partial charge in [-0.05, 0) is 21.0 Å². The summed E-state index contributed by atoms with van der Waals surface area (Å²) in [6, 6.07) is 0. The van der Waals surface area contributed by atoms with Crippen LogP contribution < -0.4 is 21.3 Å². The van der Waals surface area contributed by atoms with Crippen LogP contribution in [0.3, 0.4) is 0 Å². The zero-order valence-corrected chi connectivity index (χ0v) is 13.0. The van der Waals surface area contributed by atoms with E-state index in [9.17, 15) is 14.4 Å². The Hall–Kier alpha value is -1.73. The molecule has 0 aromatic heterocycles. The maximum Gasteiger partial charge on any atom is 0.233 e. The largest absolute Gasteiger partial charge is 0.354 e. The second-order valence-electron chi connectivity index (χ2n) is 4.90. The lowest BCUT2D eigenvalue weighted by Gasteiger charge is -2.20. The maximum atomic E-state index is 11.8. The van der Waals surface area contributed by atoms with Crippen molar-refractivity contribution in [2.24, 2.45) is 5.92 Å². The lowest BCUT2D eigenvalue weighted by Crippen LogP contribution is -2.39. The summed E-state index contributed by atoms with van der Waals surface area (Å²) in [5.74, 6) is -0.638. The Labute approximate surface area is 125 Å². The van der Waals surface area contributed by atoms with Crippen LogP contribution in [-0.2, 0) is 14.4 Å². The highest BCUT2D eigenvalue weighted by molar-refractivity contribution is 5.84. The first-order valence-corrected chi connectivity index (χ1v) is 6.90. The minimum Gasteiger partial charge on any atom is -0.354 e. The number of rotatable bonds is 11. The molecule has 0 saturated heterocycles. The van der Waals surface area contributed by atoms with Crippen LogP contribution in [0.2, 0.25) is 0 Å². The SMILES string of the molecule is C=C(CNC)C(CNC(=O)CNC)CC(=O)NCC(C)=O. The zero-order valence-electron chi connectivity index (χ0n) is 13.0. The van der Waals surface area contributed by atoms with Gasteiger partial charge in [0.1, 0.15) is 5.78 Å². The highest BCUT2D eigenvalue weighted by Crippen LogP contribution is 2.12. The summed E-state index contributed by atoms with van der Waals surface area (Å²) >= 11 is 0. The molecule has 2 amide bonds. The van der Waals surface area contributed by atoms with Crippen molar-refractivity contribution in [1.29, 1.82) is 0 Å². The second-order valence-corrected chi connectivity index (χ2v) is 4.90. The average Bonchev–Trinajstić information content (AvgIpc) is 2.41. The Morgan fingerprint density at radius 2 is 1.57 bits per heavy atom. The molecule has 0 aromatic carbocycles. The standard InChI is InChI=1S/C14H26N4O3/c1-10(6-15-3)12(8-18-14(21)9-16-4)5-13(20)17-7-11(2)19/h12,15-16H,1,5-9H2,2-4H3,(H,17,20)(H,18,21). The van der Waals surface area contributed by atoms with Crippen LogP contribution in [0.5, 0.6) is 0 Å². The van der Waals surface area contributed by atoms with Gasteiger partial charge in [-0.3, -0.25) is 14.4 Å². The Morgan fingerprint density at radius 3 is 2.10 bits per heavy atom. The predicted octanol–water partition coefficient (Wildman–Crippen LogP) is -1.19. The molecule has 0 spiro atoms. The summed E-state index contributed by atoms with van der Waals surface area (Å²) in [6.45, 7) is 6.50. The van der Waals surface area contributed by atoms with Gasteiger partial charge >= 0.3 is 0 Å². The lowest BCUT2D eigenvalue weighted by molar-refractivity contribution is -0.125. The fourth-order valence-corrected chi connectivity index (χ4v) is 1.71. The van der Waals surface area contributed by atoms with E-state index in [0.29, 0.717) is 13.1 Å². The number of ketones is 1. The normalized spacial score (nSPS) is 11.6. The molecule has 1 unspecified atom stereocenters. The summed E-state index contributed by atoms with van der Waals surface area (Å²) in [7, 11) is 3.48. The van der Waals surface area contributed by atoms with Crippen molar-refractivity contribution in [3.05, 3.63) is 12.2 Å². The maximum absolute atomic E-state index is 11.8. The monoisotopic (exact) mass is 298 g/mol. The highest BCUT2D eigenvalue weighted by atomic mass is 16.2. The molecule has 0 aromatic rings. The van der Waals surface area contributed by atoms with Crippen LogP contribution in [0.4, 0.5) is 0 Å². The molecule has 0 aliphatic carbocycles. The first-order valence-electron chi connectivity index (χ1n) is 6.90. The van der Waals surface area contributed by atoms with Crippen LogP contribution in [0.25, 0.3) is 0 Å². The van der Waals surface area contributed by atoms with Gasteiger partial charge in [0.15, 0.2) is 0 Å². The molecule has 0 aliphatic heterocycles. The van der Waals surface area contributed by atoms with Crippen LogP contribution in [-0.4, -0.2) is 57.9 Å². The van der Waals surface area contributed by atoms with Crippen LogP contribution in [0, 0.1) is 5.92 Å². The van der Waals surface area contributed by atoms with Crippen LogP contribution in [0.1, 0.15) is 13.3 Å². The van der Waals surface area contributed by atoms with E-state index in [1.165, 1.54) is 6.92 Å². The molecule has 0 heterocycles. The molecule has 1 atom stereocenters. The van der Waals surface area contributed by atoms with E-state index >= 15 is 0 Å². The van der Waals surface area contributed by atoms with Crippen molar-refractivity contribution in [2.75, 3.05) is 40.3 Å². The van der Waals surface area contributed by atoms with E-state index in [4.69, 9.17) is 0 Å². The molecule has 7 nitrogen and oxygen atoms in total. The topological polar surface area (TPSA) is 99.3 Å². The van der Waals surface area contributed by atoms with E-state index < -0.39 is 0 Å². The molecule has 0 aliphatic rings. The van der Waals surface area contributed by atoms with Crippen molar-refractivity contribution < 1.29 is 14.4 Å². The van der Waals surface area contributed by atoms with E-state index in [1.54, 1.807) is 14.1 Å². The van der Waals surface area contributed by atoms with E-state index in [0.717, 1.165) is 5.57 Å². The van der Waals surface area contributed by atoms with E-state index in [-0.39, 0.29) is 43.0 Å². The smallest absolute Gasteiger partial charge is 0.233 e. The minimum absolute atomic E-state index is 0.0240. The number of hydrogen-bond donors (Lipinski definition) is 4. The van der Waals surface area contributed by atoms with Gasteiger partial charge in [0.25, 0.3) is 0 Å². The first kappa shape index (κ1) is 19.3. The molecular formula is C14H26N4O3. The Bertz CT molecular complexity index is 382. The van der Waals surface area contributed by atoms with Gasteiger partial charge in [0, 0.05) is 25.4 Å². The van der Waals surface area contributed by atoms with Gasteiger partial charge in [-0.2, -0.15) is 0 Å². The van der Waals surface area contributed by atoms with Gasteiger partial charge in [-0.1, -0.05) is 12.2 Å². The van der Waals surface area contributed by atoms with Crippen molar-refractivity contribution in [1.82, 2.24) is 21.3 Å². The summed E-state index contributed by atoms with van der Waals surface area (Å²) in [5.41, 5.74) is 0.834. The molecule has 4 N–H and O–H groups in total. The Balaban J connectivity index is 4.44. The molecule has 0 fully saturated rings. The molecule has 7 heteroatoms. The third-order valence-electron chi connectivity index (χ3n) is 2.83. The first-order chi connectivity index (χ1) is 9.90. The number of carbonyl (C=O) groups is 3. The summed E-state index contributed by atoms with van der Waals surface area (Å²) in [4.78, 5) is 34.1. The third kappa shape index (κ3) is 9.75.